The normalized spacial score (nSPS) is 12.5. The standard InChI is InChI=1S/C33H45NO3.C25H40N2O.C10H18O5.C9H19NO2.C8H16N4O2.C8H18N2O2.C6H5ClO.C4H10O.C3H9NO.CH3ClO2S.CH4.N3.Na/c1-3-4-5-6-7-8-9-10-11-12-13-14-15-16-17-18-19-20-21-24-30(35)27-29(2)28-34-33(37)31-25-22-23-26-32(31)36;1-3-4-5-6-7-8-9-10-11-12-13-14-15-16-17-18-19-20-21-22-25(28)27-24(2)23-26;1-9(2,3)14-7(11)13-8(12)15-10(4,5)6;1-7(2)6-10-8(11)12-9(3,4)5;1-6(11-12-9)5-10-7(13)14-8(2,3)4;1-6(9)5-10-7(11)12-8(2,3)4;7-5-3-1-2-4-6(5)8;1-3-4(2)5;1-3(5)2-4;1-5(2,3)4;;1-3-2;/h4-5,7-8,10-11,13-14,16-17,19-20,22-23,25-26,29,36H,3,6,9,12,15,18,21,24,27-28H2,1-2H3,(H,34,37);4-5,7-8,10-11,13-14,16-17,19-20,24H,3,6,9,12,15,18,21-23,26H2,1-2H3,(H,27,28);1-6H3;7H,6H2,1-5H3,(H,10,11);6H,5H2,1-4H3,(H,10,13);6H,5,9H2,1-4H3,(H,10,11);1-4,8H;4-5H,3H2,1-2H3;3,5H,2,4H2,1H3;1H3;1H4;;/q;;;;;;;;;;;-1;+1/b2*5-4-,8-7-,11-10-,14-13-,17-16-,20-19-;;;;;;;;;;;. The van der Waals surface area contributed by atoms with Crippen LogP contribution in [0.25, 0.3) is 26.4 Å². The molecule has 6 atom stereocenters. The number of nitrogens with zero attached hydrogens (tertiary/aromatic N) is 6. The molecule has 34 nitrogen and oxygen atoms in total. The van der Waals surface area contributed by atoms with Crippen molar-refractivity contribution >= 4 is 79.5 Å². The summed E-state index contributed by atoms with van der Waals surface area (Å²) >= 11 is 5.46. The molecule has 5 amide bonds. The molecular weight excluding hydrogens is 1940 g/mol. The van der Waals surface area contributed by atoms with Gasteiger partial charge in [-0.25, -0.2) is 32.4 Å². The van der Waals surface area contributed by atoms with Crippen LogP contribution in [0.1, 0.15) is 313 Å². The van der Waals surface area contributed by atoms with E-state index in [1.54, 1.807) is 126 Å². The SMILES string of the molecule is C.CC(C)(C)OC(=O)OC(=O)OC(C)(C)C.CC(C)CNC(=O)OC(C)(C)C.CC(CNC(=O)OC(C)(C)C)N=[N+]=[N-].CC(N)CNC(=O)OC(C)(C)C.CC(O)CN.CC/C=C\C/C=C\C/C=C\C/C=C\C/C=C\C/C=C\CCC(=O)CC(C)CNC(=O)c1ccccc1O.CC/C=C\C/C=C\C/C=C\C/C=C\C/C=C\C/C=C\CCC(=O)NC(C)CN.CCC(C)O.CS(=O)(=O)Cl.Oc1ccccc1Cl.[N-]=[N+]=[N-].[Na+]. The van der Waals surface area contributed by atoms with Crippen LogP contribution < -0.4 is 73.3 Å². The van der Waals surface area contributed by atoms with E-state index in [2.05, 4.69) is 212 Å². The Kier molecular flexibility index (Phi) is 113. The molecule has 0 radical (unpaired) electrons. The average molecular weight is 2130 g/mol. The van der Waals surface area contributed by atoms with Crippen molar-refractivity contribution in [1.82, 2.24) is 26.6 Å². The minimum absolute atomic E-state index is 0. The number of amides is 5. The maximum atomic E-state index is 12.2. The zero-order chi connectivity index (χ0) is 112. The van der Waals surface area contributed by atoms with Gasteiger partial charge in [-0.15, -0.1) is 0 Å². The number of nitrogens with two attached hydrogens (primary N) is 3. The first-order chi connectivity index (χ1) is 67.0. The first-order valence-corrected chi connectivity index (χ1v) is 51.7. The van der Waals surface area contributed by atoms with E-state index >= 15 is 0 Å². The Bertz CT molecular complexity index is 4160. The van der Waals surface area contributed by atoms with Crippen molar-refractivity contribution in [3.8, 4) is 11.5 Å². The number of aromatic hydroxyl groups is 2. The number of ether oxygens (including phenoxy) is 6. The number of rotatable bonds is 44. The Morgan fingerprint density at radius 2 is 0.753 bits per heavy atom. The molecule has 146 heavy (non-hydrogen) atoms. The fraction of sp³-hybridized carbons (Fsp3) is 0.593. The van der Waals surface area contributed by atoms with Gasteiger partial charge in [-0.1, -0.05) is 243 Å². The molecule has 0 aliphatic rings. The Hall–Kier alpha value is -9.97. The third-order valence-corrected chi connectivity index (χ3v) is 15.7. The number of aliphatic hydroxyl groups excluding tert-OH is 2. The maximum Gasteiger partial charge on any atom is 1.00 e. The molecule has 0 aliphatic heterocycles. The Morgan fingerprint density at radius 1 is 0.459 bits per heavy atom. The van der Waals surface area contributed by atoms with E-state index in [9.17, 15) is 51.9 Å². The van der Waals surface area contributed by atoms with E-state index in [0.29, 0.717) is 62.9 Å². The van der Waals surface area contributed by atoms with E-state index < -0.39 is 61.6 Å². The van der Waals surface area contributed by atoms with Crippen LogP contribution in [0.3, 0.4) is 0 Å². The van der Waals surface area contributed by atoms with Gasteiger partial charge in [0.2, 0.25) is 15.0 Å². The smallest absolute Gasteiger partial charge is 0.507 e. The number of phenolic OH excluding ortho intramolecular Hbond substituents is 2. The topological polar surface area (TPSA) is 553 Å². The summed E-state index contributed by atoms with van der Waals surface area (Å²) in [4.78, 5) is 95.1. The van der Waals surface area contributed by atoms with Crippen molar-refractivity contribution < 1.29 is 125 Å². The molecule has 2 aromatic carbocycles. The summed E-state index contributed by atoms with van der Waals surface area (Å²) in [6, 6.07) is 12.8. The van der Waals surface area contributed by atoms with E-state index in [1.807, 2.05) is 83.1 Å². The third kappa shape index (κ3) is 154. The van der Waals surface area contributed by atoms with Gasteiger partial charge in [-0.3, -0.25) is 19.3 Å². The fourth-order valence-corrected chi connectivity index (χ4v) is 8.77. The number of Topliss-reactive ketones (excluding diaryl/α,β-unsaturated/α-hetero) is 1. The van der Waals surface area contributed by atoms with Gasteiger partial charge in [0.1, 0.15) is 45.3 Å². The molecule has 0 saturated heterocycles. The molecule has 0 aromatic heterocycles. The summed E-state index contributed by atoms with van der Waals surface area (Å²) in [5.41, 5.74) is 34.9. The van der Waals surface area contributed by atoms with E-state index in [1.165, 1.54) is 11.0 Å². The fourth-order valence-electron chi connectivity index (χ4n) is 8.63. The molecule has 2 rings (SSSR count). The minimum Gasteiger partial charge on any atom is -0.507 e. The Labute approximate surface area is 908 Å². The second-order valence-corrected chi connectivity index (χ2v) is 40.8. The Morgan fingerprint density at radius 3 is 1.02 bits per heavy atom. The predicted molar refractivity (Wildman–Crippen MR) is 597 cm³/mol. The minimum atomic E-state index is -3.19. The van der Waals surface area contributed by atoms with Gasteiger partial charge in [0.05, 0.1) is 35.1 Å². The van der Waals surface area contributed by atoms with Crippen molar-refractivity contribution in [2.45, 2.75) is 361 Å². The molecule has 0 spiro atoms. The van der Waals surface area contributed by atoms with E-state index in [4.69, 9.17) is 84.4 Å². The monoisotopic (exact) mass is 2130 g/mol. The van der Waals surface area contributed by atoms with Gasteiger partial charge in [0, 0.05) is 86.2 Å². The number of carbonyl (C=O) groups is 8. The van der Waals surface area contributed by atoms with Crippen molar-refractivity contribution in [1.29, 1.82) is 0 Å². The summed E-state index contributed by atoms with van der Waals surface area (Å²) in [5.74, 6) is 0.538. The molecule has 38 heteroatoms. The van der Waals surface area contributed by atoms with Crippen LogP contribution in [0.2, 0.25) is 5.02 Å². The molecule has 0 bridgehead atoms. The number of hydrogen-bond acceptors (Lipinski definition) is 24. The second-order valence-electron chi connectivity index (χ2n) is 37.4. The number of allylic oxidation sites excluding steroid dienone is 24. The van der Waals surface area contributed by atoms with Gasteiger partial charge in [-0.2, -0.15) is 0 Å². The van der Waals surface area contributed by atoms with Crippen molar-refractivity contribution in [3.05, 3.63) is 231 Å². The zero-order valence-corrected chi connectivity index (χ0v) is 96.7. The van der Waals surface area contributed by atoms with Gasteiger partial charge in [0.15, 0.2) is 0 Å². The number of ketones is 1. The molecular formula is C108H187Cl2N14NaO20S. The molecule has 0 saturated carbocycles. The number of alkyl carbamates (subject to hydrolysis) is 3. The first kappa shape index (κ1) is 159. The summed E-state index contributed by atoms with van der Waals surface area (Å²) in [6.07, 6.45) is 65.0. The number of benzene rings is 2. The molecule has 0 fully saturated rings. The van der Waals surface area contributed by atoms with Gasteiger partial charge >= 0.3 is 60.1 Å². The van der Waals surface area contributed by atoms with Crippen molar-refractivity contribution in [3.63, 3.8) is 0 Å². The summed E-state index contributed by atoms with van der Waals surface area (Å²) in [6.45, 7) is 50.1. The molecule has 2 aromatic rings. The van der Waals surface area contributed by atoms with Gasteiger partial charge < -0.3 is 104 Å². The first-order valence-electron chi connectivity index (χ1n) is 48.6. The van der Waals surface area contributed by atoms with Gasteiger partial charge in [0.25, 0.3) is 5.91 Å². The summed E-state index contributed by atoms with van der Waals surface area (Å²) in [5, 5.41) is 52.3. The number of aliphatic hydroxyl groups is 2. The zero-order valence-electron chi connectivity index (χ0n) is 92.4. The molecule has 830 valence electrons. The number of nitrogens with one attached hydrogen (secondary N) is 5. The van der Waals surface area contributed by atoms with Gasteiger partial charge in [-0.05, 0) is 269 Å². The number of hydrogen-bond donors (Lipinski definition) is 12. The third-order valence-electron chi connectivity index (χ3n) is 15.4. The van der Waals surface area contributed by atoms with Crippen LogP contribution >= 0.6 is 22.3 Å². The second kappa shape index (κ2) is 104. The molecule has 0 aliphatic carbocycles. The molecule has 6 unspecified atom stereocenters. The number of phenols is 2. The van der Waals surface area contributed by atoms with Crippen molar-refractivity contribution in [2.75, 3.05) is 45.5 Å². The molecule has 15 N–H and O–H groups in total. The summed E-state index contributed by atoms with van der Waals surface area (Å²) < 4.78 is 47.6. The number of halogens is 2. The number of para-hydroxylation sites is 2. The quantitative estimate of drug-likeness (QED) is 0.00337. The van der Waals surface area contributed by atoms with Crippen LogP contribution in [0.5, 0.6) is 11.5 Å². The largest absolute Gasteiger partial charge is 1.00 e. The van der Waals surface area contributed by atoms with Crippen LogP contribution in [-0.4, -0.2) is 181 Å². The summed E-state index contributed by atoms with van der Waals surface area (Å²) in [7, 11) is 1.31. The Balaban J connectivity index is -0.000000164. The van der Waals surface area contributed by atoms with Crippen LogP contribution in [0.4, 0.5) is 24.0 Å². The maximum absolute atomic E-state index is 12.2. The van der Waals surface area contributed by atoms with Crippen LogP contribution in [-0.2, 0) is 47.1 Å². The molecule has 0 heterocycles. The number of azide groups is 1. The predicted octanol–water partition coefficient (Wildman–Crippen LogP) is 23.1. The van der Waals surface area contributed by atoms with Crippen LogP contribution in [0, 0.1) is 11.8 Å². The van der Waals surface area contributed by atoms with E-state index in [0.717, 1.165) is 103 Å². The van der Waals surface area contributed by atoms with Crippen molar-refractivity contribution in [2.24, 2.45) is 34.2 Å². The van der Waals surface area contributed by atoms with Crippen LogP contribution in [0.15, 0.2) is 199 Å². The van der Waals surface area contributed by atoms with E-state index in [-0.39, 0.29) is 121 Å². The average Bonchev–Trinajstić information content (AvgIpc) is 0.881. The number of carbonyl (C=O) groups excluding carboxylic acids is 8.